The lowest BCUT2D eigenvalue weighted by molar-refractivity contribution is -0.0551. The minimum atomic E-state index is 0.154. The molecule has 6 rings (SSSR count). The molecule has 1 amide bonds. The minimum Gasteiger partial charge on any atom is -0.496 e. The van der Waals surface area contributed by atoms with E-state index >= 15 is 0 Å². The highest BCUT2D eigenvalue weighted by Gasteiger charge is 2.48. The first kappa shape index (κ1) is 17.8. The second-order valence-corrected chi connectivity index (χ2v) is 9.78. The minimum absolute atomic E-state index is 0.154. The maximum atomic E-state index is 13.4. The van der Waals surface area contributed by atoms with Gasteiger partial charge in [-0.3, -0.25) is 9.69 Å². The average Bonchev–Trinajstić information content (AvgIpc) is 3.50. The number of carbonyl (C=O) groups is 1. The van der Waals surface area contributed by atoms with E-state index in [4.69, 9.17) is 4.74 Å². The number of H-pyrrole nitrogens is 1. The van der Waals surface area contributed by atoms with Gasteiger partial charge in [-0.2, -0.15) is 0 Å². The van der Waals surface area contributed by atoms with Gasteiger partial charge in [0.15, 0.2) is 0 Å². The van der Waals surface area contributed by atoms with E-state index in [1.54, 1.807) is 7.11 Å². The van der Waals surface area contributed by atoms with Crippen molar-refractivity contribution in [2.75, 3.05) is 26.7 Å². The standard InChI is InChI=1S/C24H31N3O2/c1-29-23-7-2-4-19-18(23)11-20(25-19)24(28)26-12-15-10-17(14-26)22-6-3-5-21(16-8-9-16)27(22)13-15/h2,4,7,11,15-17,21-22,25H,3,5-6,8-10,12-14H2,1H3/t15-,17+,21+,22-/m0/s1. The van der Waals surface area contributed by atoms with Crippen LogP contribution in [-0.4, -0.2) is 59.5 Å². The Hall–Kier alpha value is -2.01. The first-order valence-corrected chi connectivity index (χ1v) is 11.4. The van der Waals surface area contributed by atoms with Crippen molar-refractivity contribution in [3.8, 4) is 5.75 Å². The number of aromatic amines is 1. The first-order valence-electron chi connectivity index (χ1n) is 11.4. The van der Waals surface area contributed by atoms with Gasteiger partial charge in [-0.15, -0.1) is 0 Å². The van der Waals surface area contributed by atoms with Crippen LogP contribution >= 0.6 is 0 Å². The highest BCUT2D eigenvalue weighted by molar-refractivity contribution is 5.99. The topological polar surface area (TPSA) is 48.6 Å². The van der Waals surface area contributed by atoms with Crippen LogP contribution in [0.2, 0.25) is 0 Å². The van der Waals surface area contributed by atoms with E-state index in [-0.39, 0.29) is 5.91 Å². The lowest BCUT2D eigenvalue weighted by atomic mass is 9.74. The van der Waals surface area contributed by atoms with E-state index in [9.17, 15) is 4.79 Å². The van der Waals surface area contributed by atoms with Gasteiger partial charge in [0, 0.05) is 42.6 Å². The number of likely N-dealkylation sites (tertiary alicyclic amines) is 1. The molecule has 29 heavy (non-hydrogen) atoms. The van der Waals surface area contributed by atoms with Gasteiger partial charge in [-0.25, -0.2) is 0 Å². The number of piperidine rings is 3. The zero-order valence-corrected chi connectivity index (χ0v) is 17.3. The molecule has 0 spiro atoms. The van der Waals surface area contributed by atoms with Gasteiger partial charge in [0.25, 0.3) is 5.91 Å². The average molecular weight is 394 g/mol. The van der Waals surface area contributed by atoms with Gasteiger partial charge in [0.2, 0.25) is 0 Å². The number of nitrogens with one attached hydrogen (secondary N) is 1. The number of aromatic nitrogens is 1. The Balaban J connectivity index is 1.23. The molecular formula is C24H31N3O2. The molecule has 3 saturated heterocycles. The second kappa shape index (κ2) is 6.76. The summed E-state index contributed by atoms with van der Waals surface area (Å²) in [5.74, 6) is 3.22. The molecule has 0 unspecified atom stereocenters. The number of benzene rings is 1. The maximum absolute atomic E-state index is 13.4. The van der Waals surface area contributed by atoms with E-state index in [0.717, 1.165) is 41.7 Å². The third-order valence-corrected chi connectivity index (χ3v) is 7.96. The molecule has 1 N–H and O–H groups in total. The molecule has 5 heteroatoms. The zero-order chi connectivity index (χ0) is 19.5. The molecule has 1 aliphatic carbocycles. The molecule has 3 aliphatic heterocycles. The number of hydrogen-bond acceptors (Lipinski definition) is 3. The highest BCUT2D eigenvalue weighted by atomic mass is 16.5. The lowest BCUT2D eigenvalue weighted by Gasteiger charge is -2.55. The van der Waals surface area contributed by atoms with E-state index in [1.807, 2.05) is 24.3 Å². The summed E-state index contributed by atoms with van der Waals surface area (Å²) in [6.07, 6.45) is 8.30. The summed E-state index contributed by atoms with van der Waals surface area (Å²) >= 11 is 0. The van der Waals surface area contributed by atoms with Crippen molar-refractivity contribution >= 4 is 16.8 Å². The summed E-state index contributed by atoms with van der Waals surface area (Å²) in [7, 11) is 1.68. The van der Waals surface area contributed by atoms with Crippen molar-refractivity contribution in [2.24, 2.45) is 17.8 Å². The SMILES string of the molecule is COc1cccc2[nH]c(C(=O)N3C[C@@H]4C[C@H](C3)[C@@H]3CCC[C@H](C5CC5)N3C4)cc12. The van der Waals surface area contributed by atoms with Gasteiger partial charge in [-0.1, -0.05) is 12.5 Å². The fourth-order valence-electron chi connectivity index (χ4n) is 6.59. The molecule has 5 nitrogen and oxygen atoms in total. The summed E-state index contributed by atoms with van der Waals surface area (Å²) in [6, 6.07) is 9.43. The molecule has 4 fully saturated rings. The molecule has 154 valence electrons. The third-order valence-electron chi connectivity index (χ3n) is 7.96. The first-order chi connectivity index (χ1) is 14.2. The van der Waals surface area contributed by atoms with Crippen LogP contribution in [0.3, 0.4) is 0 Å². The summed E-state index contributed by atoms with van der Waals surface area (Å²) in [4.78, 5) is 21.7. The van der Waals surface area contributed by atoms with Gasteiger partial charge < -0.3 is 14.6 Å². The molecule has 1 aromatic heterocycles. The molecule has 2 aromatic rings. The number of hydrogen-bond donors (Lipinski definition) is 1. The van der Waals surface area contributed by atoms with E-state index < -0.39 is 0 Å². The van der Waals surface area contributed by atoms with Crippen molar-refractivity contribution < 1.29 is 9.53 Å². The Morgan fingerprint density at radius 1 is 1.07 bits per heavy atom. The molecule has 1 saturated carbocycles. The van der Waals surface area contributed by atoms with Crippen molar-refractivity contribution in [3.05, 3.63) is 30.0 Å². The second-order valence-electron chi connectivity index (χ2n) is 9.78. The summed E-state index contributed by atoms with van der Waals surface area (Å²) in [5, 5.41) is 0.987. The molecule has 0 radical (unpaired) electrons. The van der Waals surface area contributed by atoms with Crippen molar-refractivity contribution in [3.63, 3.8) is 0 Å². The van der Waals surface area contributed by atoms with Gasteiger partial charge >= 0.3 is 0 Å². The van der Waals surface area contributed by atoms with Crippen LogP contribution in [0.4, 0.5) is 0 Å². The predicted molar refractivity (Wildman–Crippen MR) is 113 cm³/mol. The normalized spacial score (nSPS) is 32.2. The lowest BCUT2D eigenvalue weighted by Crippen LogP contribution is -2.62. The number of fused-ring (bicyclic) bond motifs is 5. The van der Waals surface area contributed by atoms with Gasteiger partial charge in [0.1, 0.15) is 11.4 Å². The van der Waals surface area contributed by atoms with Crippen LogP contribution in [0.1, 0.15) is 49.0 Å². The molecule has 2 bridgehead atoms. The smallest absolute Gasteiger partial charge is 0.270 e. The Morgan fingerprint density at radius 2 is 1.90 bits per heavy atom. The predicted octanol–water partition coefficient (Wildman–Crippen LogP) is 3.90. The van der Waals surface area contributed by atoms with Crippen LogP contribution in [0.15, 0.2) is 24.3 Å². The number of nitrogens with zero attached hydrogens (tertiary/aromatic N) is 2. The van der Waals surface area contributed by atoms with E-state index in [2.05, 4.69) is 14.8 Å². The third kappa shape index (κ3) is 2.97. The van der Waals surface area contributed by atoms with Gasteiger partial charge in [-0.05, 0) is 68.1 Å². The van der Waals surface area contributed by atoms with Crippen molar-refractivity contribution in [2.45, 2.75) is 50.6 Å². The van der Waals surface area contributed by atoms with Crippen LogP contribution < -0.4 is 4.74 Å². The maximum Gasteiger partial charge on any atom is 0.270 e. The number of ether oxygens (including phenoxy) is 1. The zero-order valence-electron chi connectivity index (χ0n) is 17.3. The monoisotopic (exact) mass is 393 g/mol. The Labute approximate surface area is 172 Å². The Morgan fingerprint density at radius 3 is 2.69 bits per heavy atom. The van der Waals surface area contributed by atoms with Crippen LogP contribution in [0, 0.1) is 17.8 Å². The molecule has 4 aliphatic rings. The molecular weight excluding hydrogens is 362 g/mol. The van der Waals surface area contributed by atoms with Crippen LogP contribution in [0.25, 0.3) is 10.9 Å². The Bertz CT molecular complexity index is 933. The summed E-state index contributed by atoms with van der Waals surface area (Å²) in [6.45, 7) is 3.02. The number of amides is 1. The van der Waals surface area contributed by atoms with Crippen LogP contribution in [-0.2, 0) is 0 Å². The Kier molecular flexibility index (Phi) is 4.15. The van der Waals surface area contributed by atoms with Crippen molar-refractivity contribution in [1.82, 2.24) is 14.8 Å². The highest BCUT2D eigenvalue weighted by Crippen LogP contribution is 2.46. The quantitative estimate of drug-likeness (QED) is 0.860. The van der Waals surface area contributed by atoms with E-state index in [1.165, 1.54) is 45.1 Å². The molecule has 4 atom stereocenters. The number of carbonyl (C=O) groups excluding carboxylic acids is 1. The van der Waals surface area contributed by atoms with Gasteiger partial charge in [0.05, 0.1) is 7.11 Å². The largest absolute Gasteiger partial charge is 0.496 e. The summed E-state index contributed by atoms with van der Waals surface area (Å²) < 4.78 is 5.47. The fraction of sp³-hybridized carbons (Fsp3) is 0.625. The van der Waals surface area contributed by atoms with Crippen LogP contribution in [0.5, 0.6) is 5.75 Å². The van der Waals surface area contributed by atoms with Crippen molar-refractivity contribution in [1.29, 1.82) is 0 Å². The van der Waals surface area contributed by atoms with E-state index in [0.29, 0.717) is 23.6 Å². The summed E-state index contributed by atoms with van der Waals surface area (Å²) in [5.41, 5.74) is 1.66. The molecule has 4 heterocycles. The fourth-order valence-corrected chi connectivity index (χ4v) is 6.59. The number of rotatable bonds is 3. The molecule has 1 aromatic carbocycles. The number of methoxy groups -OCH3 is 1.